The third-order valence-electron chi connectivity index (χ3n) is 3.80. The minimum atomic E-state index is -1.66. The van der Waals surface area contributed by atoms with Crippen molar-refractivity contribution in [3.63, 3.8) is 0 Å². The molecule has 1 N–H and O–H groups in total. The van der Waals surface area contributed by atoms with Crippen LogP contribution in [-0.2, 0) is 19.1 Å². The maximum absolute atomic E-state index is 12.2. The summed E-state index contributed by atoms with van der Waals surface area (Å²) < 4.78 is 9.52. The first-order chi connectivity index (χ1) is 10.1. The van der Waals surface area contributed by atoms with Gasteiger partial charge in [-0.1, -0.05) is 30.3 Å². The molecule has 2 rings (SSSR count). The molecular formula is C15H18O5S. The molecule has 1 heterocycles. The molecule has 0 amide bonds. The van der Waals surface area contributed by atoms with Gasteiger partial charge >= 0.3 is 11.9 Å². The maximum Gasteiger partial charge on any atom is 0.326 e. The Morgan fingerprint density at radius 1 is 1.19 bits per heavy atom. The van der Waals surface area contributed by atoms with E-state index >= 15 is 0 Å². The molecule has 0 spiro atoms. The molecule has 0 saturated carbocycles. The van der Waals surface area contributed by atoms with Crippen molar-refractivity contribution in [2.24, 2.45) is 5.41 Å². The van der Waals surface area contributed by atoms with Gasteiger partial charge in [0.1, 0.15) is 0 Å². The SMILES string of the molecule is COC(=O)C1(C(=O)OC)C[C@H](c2ccccc2)SC[C@H]1O. The zero-order chi connectivity index (χ0) is 15.5. The minimum absolute atomic E-state index is 0.0761. The van der Waals surface area contributed by atoms with Crippen LogP contribution in [-0.4, -0.2) is 43.1 Å². The molecule has 1 fully saturated rings. The summed E-state index contributed by atoms with van der Waals surface area (Å²) in [6.45, 7) is 0. The smallest absolute Gasteiger partial charge is 0.326 e. The molecule has 0 unspecified atom stereocenters. The Bertz CT molecular complexity index is 500. The molecule has 0 aliphatic carbocycles. The summed E-state index contributed by atoms with van der Waals surface area (Å²) in [6, 6.07) is 9.58. The second-order valence-electron chi connectivity index (χ2n) is 4.91. The van der Waals surface area contributed by atoms with Crippen molar-refractivity contribution in [3.8, 4) is 0 Å². The van der Waals surface area contributed by atoms with Crippen molar-refractivity contribution in [1.82, 2.24) is 0 Å². The van der Waals surface area contributed by atoms with Crippen LogP contribution in [0, 0.1) is 5.41 Å². The summed E-state index contributed by atoms with van der Waals surface area (Å²) in [7, 11) is 2.41. The number of ether oxygens (including phenoxy) is 2. The summed E-state index contributed by atoms with van der Waals surface area (Å²) in [4.78, 5) is 24.4. The number of hydrogen-bond acceptors (Lipinski definition) is 6. The number of rotatable bonds is 3. The third-order valence-corrected chi connectivity index (χ3v) is 5.15. The molecule has 21 heavy (non-hydrogen) atoms. The highest BCUT2D eigenvalue weighted by molar-refractivity contribution is 7.99. The molecule has 0 bridgehead atoms. The normalized spacial score (nSPS) is 24.1. The van der Waals surface area contributed by atoms with Crippen LogP contribution in [0.25, 0.3) is 0 Å². The van der Waals surface area contributed by atoms with Crippen LogP contribution in [0.4, 0.5) is 0 Å². The quantitative estimate of drug-likeness (QED) is 0.675. The molecule has 2 atom stereocenters. The van der Waals surface area contributed by atoms with Gasteiger partial charge in [-0.25, -0.2) is 0 Å². The molecular weight excluding hydrogens is 292 g/mol. The van der Waals surface area contributed by atoms with Gasteiger partial charge in [0.15, 0.2) is 5.41 Å². The van der Waals surface area contributed by atoms with Gasteiger partial charge in [-0.2, -0.15) is 11.8 Å². The van der Waals surface area contributed by atoms with Crippen molar-refractivity contribution in [1.29, 1.82) is 0 Å². The topological polar surface area (TPSA) is 72.8 Å². The van der Waals surface area contributed by atoms with Crippen molar-refractivity contribution in [3.05, 3.63) is 35.9 Å². The van der Waals surface area contributed by atoms with Gasteiger partial charge in [-0.05, 0) is 12.0 Å². The highest BCUT2D eigenvalue weighted by atomic mass is 32.2. The number of thioether (sulfide) groups is 1. The van der Waals surface area contributed by atoms with Crippen LogP contribution < -0.4 is 0 Å². The molecule has 1 saturated heterocycles. The van der Waals surface area contributed by atoms with Gasteiger partial charge in [0, 0.05) is 11.0 Å². The lowest BCUT2D eigenvalue weighted by atomic mass is 9.76. The second kappa shape index (κ2) is 6.49. The van der Waals surface area contributed by atoms with Crippen LogP contribution in [0.1, 0.15) is 17.2 Å². The van der Waals surface area contributed by atoms with E-state index in [2.05, 4.69) is 0 Å². The summed E-state index contributed by atoms with van der Waals surface area (Å²) in [6.07, 6.45) is -0.968. The first-order valence-electron chi connectivity index (χ1n) is 6.57. The number of aliphatic hydroxyl groups is 1. The predicted molar refractivity (Wildman–Crippen MR) is 78.7 cm³/mol. The minimum Gasteiger partial charge on any atom is -0.468 e. The highest BCUT2D eigenvalue weighted by Crippen LogP contribution is 2.48. The summed E-state index contributed by atoms with van der Waals surface area (Å²) >= 11 is 1.52. The van der Waals surface area contributed by atoms with E-state index in [1.807, 2.05) is 30.3 Å². The van der Waals surface area contributed by atoms with Gasteiger partial charge in [0.2, 0.25) is 0 Å². The first-order valence-corrected chi connectivity index (χ1v) is 7.62. The number of esters is 2. The van der Waals surface area contributed by atoms with E-state index in [4.69, 9.17) is 9.47 Å². The maximum atomic E-state index is 12.2. The second-order valence-corrected chi connectivity index (χ2v) is 6.14. The van der Waals surface area contributed by atoms with Crippen molar-refractivity contribution >= 4 is 23.7 Å². The van der Waals surface area contributed by atoms with E-state index in [1.54, 1.807) is 0 Å². The Morgan fingerprint density at radius 2 is 1.76 bits per heavy atom. The monoisotopic (exact) mass is 310 g/mol. The molecule has 114 valence electrons. The molecule has 5 nitrogen and oxygen atoms in total. The van der Waals surface area contributed by atoms with E-state index in [1.165, 1.54) is 26.0 Å². The third kappa shape index (κ3) is 2.78. The number of carbonyl (C=O) groups is 2. The lowest BCUT2D eigenvalue weighted by Crippen LogP contribution is -2.54. The Morgan fingerprint density at radius 3 is 2.29 bits per heavy atom. The zero-order valence-electron chi connectivity index (χ0n) is 11.9. The fourth-order valence-electron chi connectivity index (χ4n) is 2.61. The molecule has 0 radical (unpaired) electrons. The summed E-state index contributed by atoms with van der Waals surface area (Å²) in [5.74, 6) is -1.23. The molecule has 6 heteroatoms. The number of benzene rings is 1. The van der Waals surface area contributed by atoms with Crippen LogP contribution in [0.15, 0.2) is 30.3 Å². The van der Waals surface area contributed by atoms with Gasteiger partial charge in [-0.15, -0.1) is 0 Å². The van der Waals surface area contributed by atoms with Crippen molar-refractivity contribution in [2.75, 3.05) is 20.0 Å². The Kier molecular flexibility index (Phi) is 4.90. The average molecular weight is 310 g/mol. The van der Waals surface area contributed by atoms with Crippen molar-refractivity contribution < 1.29 is 24.2 Å². The van der Waals surface area contributed by atoms with Gasteiger partial charge in [0.05, 0.1) is 20.3 Å². The van der Waals surface area contributed by atoms with Gasteiger partial charge < -0.3 is 14.6 Å². The van der Waals surface area contributed by atoms with Gasteiger partial charge in [-0.3, -0.25) is 9.59 Å². The van der Waals surface area contributed by atoms with E-state index in [-0.39, 0.29) is 17.4 Å². The van der Waals surface area contributed by atoms with Crippen LogP contribution >= 0.6 is 11.8 Å². The average Bonchev–Trinajstić information content (AvgIpc) is 2.54. The Balaban J connectivity index is 2.38. The fourth-order valence-corrected chi connectivity index (χ4v) is 4.03. The number of methoxy groups -OCH3 is 2. The number of hydrogen-bond donors (Lipinski definition) is 1. The van der Waals surface area contributed by atoms with Crippen LogP contribution in [0.3, 0.4) is 0 Å². The van der Waals surface area contributed by atoms with Gasteiger partial charge in [0.25, 0.3) is 0 Å². The lowest BCUT2D eigenvalue weighted by molar-refractivity contribution is -0.178. The number of aliphatic hydroxyl groups excluding tert-OH is 1. The summed E-state index contributed by atoms with van der Waals surface area (Å²) in [5, 5.41) is 10.2. The van der Waals surface area contributed by atoms with E-state index in [0.717, 1.165) is 5.56 Å². The molecule has 0 aromatic heterocycles. The molecule has 1 aromatic carbocycles. The van der Waals surface area contributed by atoms with E-state index in [0.29, 0.717) is 0 Å². The summed E-state index contributed by atoms with van der Waals surface area (Å²) in [5.41, 5.74) is -0.651. The predicted octanol–water partition coefficient (Wildman–Crippen LogP) is 1.56. The fraction of sp³-hybridized carbons (Fsp3) is 0.467. The zero-order valence-corrected chi connectivity index (χ0v) is 12.8. The van der Waals surface area contributed by atoms with E-state index in [9.17, 15) is 14.7 Å². The molecule has 1 aromatic rings. The Hall–Kier alpha value is -1.53. The van der Waals surface area contributed by atoms with Crippen molar-refractivity contribution in [2.45, 2.75) is 17.8 Å². The first kappa shape index (κ1) is 15.9. The standard InChI is InChI=1S/C15H18O5S/c1-19-13(17)15(14(18)20-2)8-11(21-9-12(15)16)10-6-4-3-5-7-10/h3-7,11-12,16H,8-9H2,1-2H3/t11-,12-/m1/s1. The Labute approximate surface area is 127 Å². The largest absolute Gasteiger partial charge is 0.468 e. The molecule has 1 aliphatic heterocycles. The highest BCUT2D eigenvalue weighted by Gasteiger charge is 2.57. The van der Waals surface area contributed by atoms with E-state index < -0.39 is 23.5 Å². The number of carbonyl (C=O) groups excluding carboxylic acids is 2. The lowest BCUT2D eigenvalue weighted by Gasteiger charge is -2.39. The van der Waals surface area contributed by atoms with Crippen LogP contribution in [0.2, 0.25) is 0 Å². The molecule has 1 aliphatic rings. The van der Waals surface area contributed by atoms with Crippen LogP contribution in [0.5, 0.6) is 0 Å².